The van der Waals surface area contributed by atoms with E-state index < -0.39 is 10.0 Å². The standard InChI is InChI=1S/C12H14N2O4S/c1-9(15)10-3-2-4-11(7-10)19(17,18)14-6-5-13-12(16)8-14/h2-4,7H,5-6,8H2,1H3,(H,13,16). The lowest BCUT2D eigenvalue weighted by atomic mass is 10.2. The molecule has 1 aromatic carbocycles. The van der Waals surface area contributed by atoms with Crippen LogP contribution in [0.15, 0.2) is 29.2 Å². The predicted molar refractivity (Wildman–Crippen MR) is 68.2 cm³/mol. The Bertz CT molecular complexity index is 624. The van der Waals surface area contributed by atoms with Crippen LogP contribution in [0.25, 0.3) is 0 Å². The lowest BCUT2D eigenvalue weighted by molar-refractivity contribution is -0.122. The molecule has 0 aliphatic carbocycles. The minimum atomic E-state index is -3.73. The fourth-order valence-corrected chi connectivity index (χ4v) is 3.29. The molecule has 19 heavy (non-hydrogen) atoms. The molecule has 0 spiro atoms. The molecule has 2 rings (SSSR count). The highest BCUT2D eigenvalue weighted by atomic mass is 32.2. The molecule has 1 aromatic rings. The highest BCUT2D eigenvalue weighted by Gasteiger charge is 2.29. The molecule has 6 nitrogen and oxygen atoms in total. The van der Waals surface area contributed by atoms with Crippen LogP contribution in [0.5, 0.6) is 0 Å². The smallest absolute Gasteiger partial charge is 0.243 e. The summed E-state index contributed by atoms with van der Waals surface area (Å²) in [4.78, 5) is 22.6. The second kappa shape index (κ2) is 5.10. The van der Waals surface area contributed by atoms with Gasteiger partial charge in [0.2, 0.25) is 15.9 Å². The average molecular weight is 282 g/mol. The quantitative estimate of drug-likeness (QED) is 0.792. The van der Waals surface area contributed by atoms with Gasteiger partial charge in [-0.15, -0.1) is 0 Å². The lowest BCUT2D eigenvalue weighted by Gasteiger charge is -2.25. The maximum Gasteiger partial charge on any atom is 0.243 e. The molecule has 1 N–H and O–H groups in total. The van der Waals surface area contributed by atoms with Crippen LogP contribution < -0.4 is 5.32 Å². The van der Waals surface area contributed by atoms with Crippen molar-refractivity contribution in [3.63, 3.8) is 0 Å². The second-order valence-corrected chi connectivity index (χ2v) is 6.21. The number of ketones is 1. The molecule has 1 amide bonds. The molecule has 1 saturated heterocycles. The fraction of sp³-hybridized carbons (Fsp3) is 0.333. The lowest BCUT2D eigenvalue weighted by Crippen LogP contribution is -2.49. The molecule has 1 heterocycles. The predicted octanol–water partition coefficient (Wildman–Crippen LogP) is 0.00970. The van der Waals surface area contributed by atoms with E-state index in [1.165, 1.54) is 25.1 Å². The maximum atomic E-state index is 12.3. The largest absolute Gasteiger partial charge is 0.354 e. The zero-order valence-corrected chi connectivity index (χ0v) is 11.2. The van der Waals surface area contributed by atoms with E-state index in [0.29, 0.717) is 12.1 Å². The minimum Gasteiger partial charge on any atom is -0.354 e. The van der Waals surface area contributed by atoms with Crippen molar-refractivity contribution in [2.24, 2.45) is 0 Å². The molecule has 0 atom stereocenters. The molecule has 0 bridgehead atoms. The number of hydrogen-bond acceptors (Lipinski definition) is 4. The topological polar surface area (TPSA) is 83.6 Å². The van der Waals surface area contributed by atoms with E-state index in [4.69, 9.17) is 0 Å². The van der Waals surface area contributed by atoms with E-state index in [-0.39, 0.29) is 29.7 Å². The molecule has 0 radical (unpaired) electrons. The number of piperazine rings is 1. The zero-order valence-electron chi connectivity index (χ0n) is 10.4. The molecular weight excluding hydrogens is 268 g/mol. The van der Waals surface area contributed by atoms with Crippen molar-refractivity contribution in [2.45, 2.75) is 11.8 Å². The van der Waals surface area contributed by atoms with Gasteiger partial charge in [-0.25, -0.2) is 8.42 Å². The van der Waals surface area contributed by atoms with Gasteiger partial charge in [0.1, 0.15) is 0 Å². The first-order chi connectivity index (χ1) is 8.91. The van der Waals surface area contributed by atoms with Crippen molar-refractivity contribution in [2.75, 3.05) is 19.6 Å². The number of nitrogens with zero attached hydrogens (tertiary/aromatic N) is 1. The van der Waals surface area contributed by atoms with Crippen molar-refractivity contribution < 1.29 is 18.0 Å². The Hall–Kier alpha value is -1.73. The number of Topliss-reactive ketones (excluding diaryl/α,β-unsaturated/α-hetero) is 1. The summed E-state index contributed by atoms with van der Waals surface area (Å²) in [7, 11) is -3.73. The van der Waals surface area contributed by atoms with E-state index in [1.54, 1.807) is 6.07 Å². The van der Waals surface area contributed by atoms with Crippen molar-refractivity contribution in [1.82, 2.24) is 9.62 Å². The van der Waals surface area contributed by atoms with Gasteiger partial charge in [0.15, 0.2) is 5.78 Å². The Kier molecular flexibility index (Phi) is 3.68. The summed E-state index contributed by atoms with van der Waals surface area (Å²) in [6.45, 7) is 1.72. The van der Waals surface area contributed by atoms with Crippen LogP contribution in [0.1, 0.15) is 17.3 Å². The van der Waals surface area contributed by atoms with Gasteiger partial charge >= 0.3 is 0 Å². The third kappa shape index (κ3) is 2.82. The summed E-state index contributed by atoms with van der Waals surface area (Å²) in [5, 5.41) is 2.57. The molecule has 0 unspecified atom stereocenters. The van der Waals surface area contributed by atoms with Crippen LogP contribution in [0.4, 0.5) is 0 Å². The molecule has 1 fully saturated rings. The third-order valence-corrected chi connectivity index (χ3v) is 4.72. The van der Waals surface area contributed by atoms with Crippen molar-refractivity contribution in [3.8, 4) is 0 Å². The van der Waals surface area contributed by atoms with Gasteiger partial charge in [0, 0.05) is 18.7 Å². The van der Waals surface area contributed by atoms with Crippen LogP contribution in [0.3, 0.4) is 0 Å². The molecule has 7 heteroatoms. The van der Waals surface area contributed by atoms with Gasteiger partial charge in [-0.05, 0) is 19.1 Å². The summed E-state index contributed by atoms with van der Waals surface area (Å²) in [6.07, 6.45) is 0. The number of benzene rings is 1. The molecular formula is C12H14N2O4S. The highest BCUT2D eigenvalue weighted by Crippen LogP contribution is 2.18. The number of rotatable bonds is 3. The molecule has 1 aliphatic rings. The SMILES string of the molecule is CC(=O)c1cccc(S(=O)(=O)N2CCNC(=O)C2)c1. The van der Waals surface area contributed by atoms with Gasteiger partial charge in [0.25, 0.3) is 0 Å². The molecule has 1 aliphatic heterocycles. The number of nitrogens with one attached hydrogen (secondary N) is 1. The van der Waals surface area contributed by atoms with Gasteiger partial charge in [0.05, 0.1) is 11.4 Å². The number of hydrogen-bond donors (Lipinski definition) is 1. The maximum absolute atomic E-state index is 12.3. The van der Waals surface area contributed by atoms with Crippen LogP contribution in [-0.4, -0.2) is 44.0 Å². The van der Waals surface area contributed by atoms with Gasteiger partial charge in [-0.2, -0.15) is 4.31 Å². The summed E-state index contributed by atoms with van der Waals surface area (Å²) >= 11 is 0. The Labute approximate surface area is 111 Å². The van der Waals surface area contributed by atoms with Crippen LogP contribution in [0.2, 0.25) is 0 Å². The van der Waals surface area contributed by atoms with E-state index in [9.17, 15) is 18.0 Å². The van der Waals surface area contributed by atoms with Crippen LogP contribution in [-0.2, 0) is 14.8 Å². The summed E-state index contributed by atoms with van der Waals surface area (Å²) in [5.74, 6) is -0.522. The summed E-state index contributed by atoms with van der Waals surface area (Å²) in [6, 6.07) is 5.84. The Morgan fingerprint density at radius 1 is 1.37 bits per heavy atom. The normalized spacial score (nSPS) is 17.0. The minimum absolute atomic E-state index is 0.0369. The number of sulfonamides is 1. The fourth-order valence-electron chi connectivity index (χ4n) is 1.84. The molecule has 0 aromatic heterocycles. The van der Waals surface area contributed by atoms with Crippen molar-refractivity contribution in [3.05, 3.63) is 29.8 Å². The van der Waals surface area contributed by atoms with Gasteiger partial charge in [-0.1, -0.05) is 12.1 Å². The Morgan fingerprint density at radius 2 is 2.11 bits per heavy atom. The van der Waals surface area contributed by atoms with Crippen LogP contribution in [0, 0.1) is 0 Å². The first kappa shape index (κ1) is 13.7. The number of carbonyl (C=O) groups is 2. The number of amides is 1. The molecule has 102 valence electrons. The second-order valence-electron chi connectivity index (χ2n) is 4.27. The van der Waals surface area contributed by atoms with E-state index >= 15 is 0 Å². The van der Waals surface area contributed by atoms with E-state index in [1.807, 2.05) is 0 Å². The van der Waals surface area contributed by atoms with Gasteiger partial charge < -0.3 is 5.32 Å². The van der Waals surface area contributed by atoms with Crippen molar-refractivity contribution in [1.29, 1.82) is 0 Å². The van der Waals surface area contributed by atoms with E-state index in [2.05, 4.69) is 5.32 Å². The monoisotopic (exact) mass is 282 g/mol. The Balaban J connectivity index is 2.36. The number of carbonyl (C=O) groups excluding carboxylic acids is 2. The summed E-state index contributed by atoms with van der Waals surface area (Å²) < 4.78 is 25.8. The average Bonchev–Trinajstić information content (AvgIpc) is 2.39. The third-order valence-electron chi connectivity index (χ3n) is 2.88. The summed E-state index contributed by atoms with van der Waals surface area (Å²) in [5.41, 5.74) is 0.336. The Morgan fingerprint density at radius 3 is 2.74 bits per heavy atom. The highest BCUT2D eigenvalue weighted by molar-refractivity contribution is 7.89. The zero-order chi connectivity index (χ0) is 14.0. The van der Waals surface area contributed by atoms with Gasteiger partial charge in [-0.3, -0.25) is 9.59 Å². The van der Waals surface area contributed by atoms with Crippen molar-refractivity contribution >= 4 is 21.7 Å². The van der Waals surface area contributed by atoms with Crippen LogP contribution >= 0.6 is 0 Å². The first-order valence-corrected chi connectivity index (χ1v) is 7.23. The first-order valence-electron chi connectivity index (χ1n) is 5.79. The molecule has 0 saturated carbocycles. The van der Waals surface area contributed by atoms with E-state index in [0.717, 1.165) is 4.31 Å².